The molecular formula is C11H19N5O2S. The number of nitrogens with one attached hydrogen (secondary N) is 1. The molecule has 1 aromatic heterocycles. The third kappa shape index (κ3) is 3.95. The van der Waals surface area contributed by atoms with Crippen LogP contribution in [0.3, 0.4) is 0 Å². The van der Waals surface area contributed by atoms with Gasteiger partial charge in [0.1, 0.15) is 5.60 Å². The quantitative estimate of drug-likeness (QED) is 0.856. The minimum atomic E-state index is -0.462. The molecule has 106 valence electrons. The Labute approximate surface area is 116 Å². The van der Waals surface area contributed by atoms with Crippen molar-refractivity contribution in [2.75, 3.05) is 24.1 Å². The summed E-state index contributed by atoms with van der Waals surface area (Å²) < 4.78 is 5.34. The maximum atomic E-state index is 11.9. The molecule has 1 fully saturated rings. The van der Waals surface area contributed by atoms with Gasteiger partial charge in [-0.1, -0.05) is 11.3 Å². The highest BCUT2D eigenvalue weighted by Crippen LogP contribution is 2.21. The van der Waals surface area contributed by atoms with Crippen LogP contribution in [0, 0.1) is 0 Å². The molecule has 0 radical (unpaired) electrons. The van der Waals surface area contributed by atoms with Crippen LogP contribution >= 0.6 is 11.3 Å². The summed E-state index contributed by atoms with van der Waals surface area (Å²) in [6, 6.07) is 0.167. The van der Waals surface area contributed by atoms with Crippen molar-refractivity contribution in [3.8, 4) is 0 Å². The molecule has 1 atom stereocenters. The van der Waals surface area contributed by atoms with Crippen molar-refractivity contribution in [3.63, 3.8) is 0 Å². The monoisotopic (exact) mass is 285 g/mol. The minimum Gasteiger partial charge on any atom is -0.444 e. The van der Waals surface area contributed by atoms with Gasteiger partial charge < -0.3 is 20.7 Å². The molecule has 8 heteroatoms. The standard InChI is InChI=1S/C11H19N5O2S/c1-11(2,3)18-10(17)16-5-4-7(6-16)13-9-15-14-8(12)19-9/h7H,4-6H2,1-3H3,(H2,12,14)(H,13,15). The second-order valence-corrected chi connectivity index (χ2v) is 6.51. The number of ether oxygens (including phenoxy) is 1. The normalized spacial score (nSPS) is 19.5. The Hall–Kier alpha value is -1.57. The predicted octanol–water partition coefficient (Wildman–Crippen LogP) is 1.54. The Morgan fingerprint density at radius 1 is 1.53 bits per heavy atom. The molecule has 2 rings (SSSR count). The van der Waals surface area contributed by atoms with Crippen LogP contribution in [0.4, 0.5) is 15.1 Å². The Bertz CT molecular complexity index is 456. The van der Waals surface area contributed by atoms with Gasteiger partial charge in [-0.05, 0) is 27.2 Å². The van der Waals surface area contributed by atoms with E-state index in [-0.39, 0.29) is 12.1 Å². The van der Waals surface area contributed by atoms with Crippen molar-refractivity contribution in [1.29, 1.82) is 0 Å². The summed E-state index contributed by atoms with van der Waals surface area (Å²) in [6.07, 6.45) is 0.590. The first-order valence-corrected chi connectivity index (χ1v) is 6.98. The number of hydrogen-bond acceptors (Lipinski definition) is 7. The average molecular weight is 285 g/mol. The van der Waals surface area contributed by atoms with E-state index < -0.39 is 5.60 Å². The summed E-state index contributed by atoms with van der Waals surface area (Å²) in [5.74, 6) is 0. The highest BCUT2D eigenvalue weighted by Gasteiger charge is 2.30. The summed E-state index contributed by atoms with van der Waals surface area (Å²) >= 11 is 1.30. The Morgan fingerprint density at radius 2 is 2.26 bits per heavy atom. The maximum Gasteiger partial charge on any atom is 0.410 e. The van der Waals surface area contributed by atoms with Gasteiger partial charge in [0.2, 0.25) is 10.3 Å². The number of nitrogen functional groups attached to an aromatic ring is 1. The smallest absolute Gasteiger partial charge is 0.410 e. The van der Waals surface area contributed by atoms with E-state index in [0.29, 0.717) is 23.4 Å². The summed E-state index contributed by atoms with van der Waals surface area (Å²) in [5.41, 5.74) is 5.06. The second-order valence-electron chi connectivity index (χ2n) is 5.50. The van der Waals surface area contributed by atoms with Gasteiger partial charge in [0, 0.05) is 19.1 Å². The van der Waals surface area contributed by atoms with E-state index in [1.54, 1.807) is 4.90 Å². The van der Waals surface area contributed by atoms with Gasteiger partial charge >= 0.3 is 6.09 Å². The number of likely N-dealkylation sites (tertiary alicyclic amines) is 1. The van der Waals surface area contributed by atoms with Gasteiger partial charge in [-0.2, -0.15) is 0 Å². The lowest BCUT2D eigenvalue weighted by Crippen LogP contribution is -2.36. The van der Waals surface area contributed by atoms with E-state index in [0.717, 1.165) is 6.42 Å². The van der Waals surface area contributed by atoms with Gasteiger partial charge in [0.05, 0.1) is 0 Å². The topological polar surface area (TPSA) is 93.4 Å². The van der Waals surface area contributed by atoms with Crippen molar-refractivity contribution in [1.82, 2.24) is 15.1 Å². The number of nitrogens with zero attached hydrogens (tertiary/aromatic N) is 3. The van der Waals surface area contributed by atoms with Crippen LogP contribution in [0.2, 0.25) is 0 Å². The number of amides is 1. The highest BCUT2D eigenvalue weighted by atomic mass is 32.1. The fourth-order valence-electron chi connectivity index (χ4n) is 1.84. The lowest BCUT2D eigenvalue weighted by Gasteiger charge is -2.24. The molecule has 2 heterocycles. The van der Waals surface area contributed by atoms with Crippen LogP contribution in [0.1, 0.15) is 27.2 Å². The zero-order valence-corrected chi connectivity index (χ0v) is 12.2. The lowest BCUT2D eigenvalue weighted by atomic mass is 10.2. The third-order valence-electron chi connectivity index (χ3n) is 2.61. The predicted molar refractivity (Wildman–Crippen MR) is 74.2 cm³/mol. The zero-order valence-electron chi connectivity index (χ0n) is 11.3. The van der Waals surface area contributed by atoms with Crippen LogP contribution in [-0.2, 0) is 4.74 Å². The summed E-state index contributed by atoms with van der Waals surface area (Å²) in [5, 5.41) is 12.0. The van der Waals surface area contributed by atoms with E-state index in [4.69, 9.17) is 10.5 Å². The number of aromatic nitrogens is 2. The maximum absolute atomic E-state index is 11.9. The number of carbonyl (C=O) groups excluding carboxylic acids is 1. The van der Waals surface area contributed by atoms with Gasteiger partial charge in [0.15, 0.2) is 0 Å². The summed E-state index contributed by atoms with van der Waals surface area (Å²) in [4.78, 5) is 13.6. The molecule has 0 bridgehead atoms. The van der Waals surface area contributed by atoms with Crippen LogP contribution in [-0.4, -0.2) is 45.9 Å². The number of anilines is 2. The molecule has 1 unspecified atom stereocenters. The molecule has 0 aromatic carbocycles. The minimum absolute atomic E-state index is 0.167. The summed E-state index contributed by atoms with van der Waals surface area (Å²) in [7, 11) is 0. The molecule has 7 nitrogen and oxygen atoms in total. The molecule has 1 amide bonds. The van der Waals surface area contributed by atoms with Crippen LogP contribution in [0.5, 0.6) is 0 Å². The van der Waals surface area contributed by atoms with E-state index in [1.807, 2.05) is 20.8 Å². The first-order chi connectivity index (χ1) is 8.83. The molecular weight excluding hydrogens is 266 g/mol. The first kappa shape index (κ1) is 13.9. The van der Waals surface area contributed by atoms with Crippen molar-refractivity contribution < 1.29 is 9.53 Å². The molecule has 1 aromatic rings. The fraction of sp³-hybridized carbons (Fsp3) is 0.727. The van der Waals surface area contributed by atoms with Crippen LogP contribution in [0.25, 0.3) is 0 Å². The molecule has 19 heavy (non-hydrogen) atoms. The van der Waals surface area contributed by atoms with Gasteiger partial charge in [-0.3, -0.25) is 0 Å². The van der Waals surface area contributed by atoms with E-state index >= 15 is 0 Å². The largest absolute Gasteiger partial charge is 0.444 e. The van der Waals surface area contributed by atoms with Crippen LogP contribution in [0.15, 0.2) is 0 Å². The van der Waals surface area contributed by atoms with Crippen molar-refractivity contribution in [2.24, 2.45) is 0 Å². The molecule has 1 aliphatic rings. The number of nitrogens with two attached hydrogens (primary N) is 1. The molecule has 0 spiro atoms. The Balaban J connectivity index is 1.84. The molecule has 1 saturated heterocycles. The molecule has 1 aliphatic heterocycles. The van der Waals surface area contributed by atoms with Crippen LogP contribution < -0.4 is 11.1 Å². The number of hydrogen-bond donors (Lipinski definition) is 2. The van der Waals surface area contributed by atoms with Gasteiger partial charge in [-0.25, -0.2) is 4.79 Å². The first-order valence-electron chi connectivity index (χ1n) is 6.17. The number of rotatable bonds is 2. The second kappa shape index (κ2) is 5.20. The molecule has 3 N–H and O–H groups in total. The molecule has 0 aliphatic carbocycles. The van der Waals surface area contributed by atoms with E-state index in [1.165, 1.54) is 11.3 Å². The Kier molecular flexibility index (Phi) is 3.79. The van der Waals surface area contributed by atoms with Crippen molar-refractivity contribution in [3.05, 3.63) is 0 Å². The lowest BCUT2D eigenvalue weighted by molar-refractivity contribution is 0.0293. The number of carbonyl (C=O) groups is 1. The third-order valence-corrected chi connectivity index (χ3v) is 3.29. The fourth-order valence-corrected chi connectivity index (χ4v) is 2.42. The van der Waals surface area contributed by atoms with E-state index in [2.05, 4.69) is 15.5 Å². The van der Waals surface area contributed by atoms with Crippen molar-refractivity contribution >= 4 is 27.7 Å². The Morgan fingerprint density at radius 3 is 2.84 bits per heavy atom. The van der Waals surface area contributed by atoms with Crippen molar-refractivity contribution in [2.45, 2.75) is 38.8 Å². The van der Waals surface area contributed by atoms with Gasteiger partial charge in [-0.15, -0.1) is 10.2 Å². The highest BCUT2D eigenvalue weighted by molar-refractivity contribution is 7.18. The van der Waals surface area contributed by atoms with Gasteiger partial charge in [0.25, 0.3) is 0 Å². The summed E-state index contributed by atoms with van der Waals surface area (Å²) in [6.45, 7) is 6.87. The zero-order chi connectivity index (χ0) is 14.0. The molecule has 0 saturated carbocycles. The SMILES string of the molecule is CC(C)(C)OC(=O)N1CCC(Nc2nnc(N)s2)C1. The average Bonchev–Trinajstić information content (AvgIpc) is 2.86. The van der Waals surface area contributed by atoms with E-state index in [9.17, 15) is 4.79 Å².